The maximum atomic E-state index is 12.1. The topological polar surface area (TPSA) is 66.0 Å². The molecule has 2 aromatic carbocycles. The van der Waals surface area contributed by atoms with Crippen LogP contribution >= 0.6 is 0 Å². The van der Waals surface area contributed by atoms with Gasteiger partial charge in [-0.05, 0) is 62.6 Å². The van der Waals surface area contributed by atoms with Crippen LogP contribution in [0.25, 0.3) is 33.4 Å². The molecule has 0 fully saturated rings. The lowest BCUT2D eigenvalue weighted by Gasteiger charge is -2.22. The molecule has 1 aliphatic carbocycles. The van der Waals surface area contributed by atoms with E-state index in [1.165, 1.54) is 0 Å². The van der Waals surface area contributed by atoms with Gasteiger partial charge in [-0.2, -0.15) is 0 Å². The summed E-state index contributed by atoms with van der Waals surface area (Å²) in [7, 11) is 0. The summed E-state index contributed by atoms with van der Waals surface area (Å²) in [6.45, 7) is 10.3. The fourth-order valence-corrected chi connectivity index (χ4v) is 4.59. The molecule has 1 aliphatic heterocycles. The lowest BCUT2D eigenvalue weighted by molar-refractivity contribution is 0.0697. The van der Waals surface area contributed by atoms with Crippen molar-refractivity contribution in [3.8, 4) is 22.5 Å². The van der Waals surface area contributed by atoms with Crippen molar-refractivity contribution in [3.63, 3.8) is 0 Å². The van der Waals surface area contributed by atoms with Gasteiger partial charge in [0.25, 0.3) is 0 Å². The van der Waals surface area contributed by atoms with Crippen molar-refractivity contribution < 1.29 is 14.3 Å². The predicted octanol–water partition coefficient (Wildman–Crippen LogP) is 6.84. The number of rotatable bonds is 8. The third-order valence-corrected chi connectivity index (χ3v) is 6.52. The van der Waals surface area contributed by atoms with Gasteiger partial charge in [-0.25, -0.2) is 4.79 Å². The molecule has 5 heteroatoms. The zero-order chi connectivity index (χ0) is 24.2. The Morgan fingerprint density at radius 2 is 1.68 bits per heavy atom. The highest BCUT2D eigenvalue weighted by Gasteiger charge is 2.21. The van der Waals surface area contributed by atoms with E-state index in [2.05, 4.69) is 44.7 Å². The first kappa shape index (κ1) is 23.6. The Morgan fingerprint density at radius 3 is 2.35 bits per heavy atom. The molecule has 0 aromatic heterocycles. The largest absolute Gasteiger partial charge is 0.478 e. The van der Waals surface area contributed by atoms with Gasteiger partial charge in [-0.3, -0.25) is 4.99 Å². The molecule has 34 heavy (non-hydrogen) atoms. The molecule has 0 unspecified atom stereocenters. The lowest BCUT2D eigenvalue weighted by Crippen LogP contribution is -2.21. The van der Waals surface area contributed by atoms with Crippen LogP contribution in [0.1, 0.15) is 50.9 Å². The summed E-state index contributed by atoms with van der Waals surface area (Å²) in [5.41, 5.74) is 4.51. The minimum atomic E-state index is -0.946. The predicted molar refractivity (Wildman–Crippen MR) is 139 cm³/mol. The molecule has 1 heterocycles. The minimum absolute atomic E-state index is 0.263. The maximum Gasteiger partial charge on any atom is 0.336 e. The molecule has 0 spiro atoms. The van der Waals surface area contributed by atoms with Gasteiger partial charge < -0.3 is 14.4 Å². The van der Waals surface area contributed by atoms with Gasteiger partial charge >= 0.3 is 5.97 Å². The van der Waals surface area contributed by atoms with Crippen LogP contribution in [0.15, 0.2) is 70.1 Å². The molecular formula is C29H32N2O3. The second-order valence-electron chi connectivity index (χ2n) is 8.46. The Labute approximate surface area is 200 Å². The van der Waals surface area contributed by atoms with Gasteiger partial charge in [0.15, 0.2) is 0 Å². The quantitative estimate of drug-likeness (QED) is 0.295. The van der Waals surface area contributed by atoms with E-state index in [4.69, 9.17) is 9.41 Å². The van der Waals surface area contributed by atoms with Crippen molar-refractivity contribution in [2.45, 2.75) is 46.6 Å². The van der Waals surface area contributed by atoms with E-state index in [1.54, 1.807) is 12.1 Å². The summed E-state index contributed by atoms with van der Waals surface area (Å²) in [4.78, 5) is 19.2. The average Bonchev–Trinajstić information content (AvgIpc) is 2.86. The second kappa shape index (κ2) is 10.1. The van der Waals surface area contributed by atoms with Crippen LogP contribution in [0.2, 0.25) is 0 Å². The molecule has 0 atom stereocenters. The minimum Gasteiger partial charge on any atom is -0.478 e. The van der Waals surface area contributed by atoms with Crippen molar-refractivity contribution in [1.82, 2.24) is 0 Å². The van der Waals surface area contributed by atoms with Crippen LogP contribution in [0.4, 0.5) is 5.69 Å². The zero-order valence-corrected chi connectivity index (χ0v) is 20.3. The molecule has 1 N–H and O–H groups in total. The van der Waals surface area contributed by atoms with Crippen LogP contribution in [-0.2, 0) is 0 Å². The number of carbonyl (C=O) groups is 1. The van der Waals surface area contributed by atoms with Crippen LogP contribution in [0, 0.1) is 0 Å². The molecule has 176 valence electrons. The Bertz CT molecular complexity index is 1350. The van der Waals surface area contributed by atoms with E-state index in [9.17, 15) is 9.90 Å². The summed E-state index contributed by atoms with van der Waals surface area (Å²) in [5.74, 6) is -0.246. The third kappa shape index (κ3) is 4.43. The maximum absolute atomic E-state index is 12.1. The van der Waals surface area contributed by atoms with E-state index in [1.807, 2.05) is 36.4 Å². The van der Waals surface area contributed by atoms with E-state index in [-0.39, 0.29) is 11.6 Å². The molecule has 2 aromatic rings. The molecule has 0 saturated carbocycles. The summed E-state index contributed by atoms with van der Waals surface area (Å²) in [6.07, 6.45) is 1.96. The number of nitrogens with zero attached hydrogens (tertiary/aromatic N) is 2. The number of anilines is 1. The molecule has 0 radical (unpaired) electrons. The summed E-state index contributed by atoms with van der Waals surface area (Å²) < 4.78 is 6.44. The monoisotopic (exact) mass is 456 g/mol. The van der Waals surface area contributed by atoms with Crippen molar-refractivity contribution in [2.24, 2.45) is 4.99 Å². The van der Waals surface area contributed by atoms with E-state index in [0.717, 1.165) is 59.1 Å². The number of hydrogen-bond donors (Lipinski definition) is 1. The number of hydrogen-bond acceptors (Lipinski definition) is 4. The first-order chi connectivity index (χ1) is 16.5. The van der Waals surface area contributed by atoms with E-state index < -0.39 is 5.97 Å². The first-order valence-corrected chi connectivity index (χ1v) is 12.1. The van der Waals surface area contributed by atoms with Gasteiger partial charge in [0, 0.05) is 47.4 Å². The van der Waals surface area contributed by atoms with Crippen molar-refractivity contribution >= 4 is 22.6 Å². The van der Waals surface area contributed by atoms with Crippen LogP contribution in [0.3, 0.4) is 0 Å². The Morgan fingerprint density at radius 1 is 0.941 bits per heavy atom. The van der Waals surface area contributed by atoms with Crippen LogP contribution < -0.4 is 10.3 Å². The lowest BCUT2D eigenvalue weighted by atomic mass is 9.90. The van der Waals surface area contributed by atoms with Crippen molar-refractivity contribution in [1.29, 1.82) is 0 Å². The molecule has 0 bridgehead atoms. The number of aromatic carboxylic acids is 1. The summed E-state index contributed by atoms with van der Waals surface area (Å²) in [6, 6.07) is 19.6. The van der Waals surface area contributed by atoms with Gasteiger partial charge in [0.05, 0.1) is 17.0 Å². The normalized spacial score (nSPS) is 12.1. The van der Waals surface area contributed by atoms with Crippen molar-refractivity contribution in [2.75, 3.05) is 18.0 Å². The third-order valence-electron chi connectivity index (χ3n) is 6.52. The number of benzene rings is 3. The van der Waals surface area contributed by atoms with Crippen LogP contribution in [-0.4, -0.2) is 30.2 Å². The average molecular weight is 457 g/mol. The fourth-order valence-electron chi connectivity index (χ4n) is 4.59. The highest BCUT2D eigenvalue weighted by Crippen LogP contribution is 2.42. The molecule has 4 rings (SSSR count). The molecule has 0 saturated heterocycles. The van der Waals surface area contributed by atoms with Crippen LogP contribution in [0.5, 0.6) is 0 Å². The summed E-state index contributed by atoms with van der Waals surface area (Å²) in [5, 5.41) is 11.7. The van der Waals surface area contributed by atoms with E-state index in [0.29, 0.717) is 11.3 Å². The Hall–Kier alpha value is -3.60. The molecular weight excluding hydrogens is 424 g/mol. The number of fused-ring (bicyclic) bond motifs is 2. The highest BCUT2D eigenvalue weighted by atomic mass is 16.4. The molecule has 0 amide bonds. The van der Waals surface area contributed by atoms with Gasteiger partial charge in [0.2, 0.25) is 0 Å². The SMILES string of the molecule is CCC(CC)N=c1ccc2c(-c3ccccc3C(=O)O)c3ccc(N(CC)CC)cc3oc-2c1. The van der Waals surface area contributed by atoms with Crippen molar-refractivity contribution in [3.05, 3.63) is 71.6 Å². The number of carboxylic acids is 1. The smallest absolute Gasteiger partial charge is 0.336 e. The van der Waals surface area contributed by atoms with Gasteiger partial charge in [-0.15, -0.1) is 0 Å². The molecule has 2 aliphatic rings. The first-order valence-electron chi connectivity index (χ1n) is 12.1. The Kier molecular flexibility index (Phi) is 7.01. The second-order valence-corrected chi connectivity index (χ2v) is 8.46. The fraction of sp³-hybridized carbons (Fsp3) is 0.310. The standard InChI is InChI=1S/C29H32N2O3/c1-5-19(6-2)30-20-13-15-24-26(17-20)34-27-18-21(31(7-3)8-4)14-16-25(27)28(24)22-11-9-10-12-23(22)29(32)33/h9-19H,5-8H2,1-4H3,(H,32,33). The highest BCUT2D eigenvalue weighted by molar-refractivity contribution is 6.07. The molecule has 5 nitrogen and oxygen atoms in total. The summed E-state index contributed by atoms with van der Waals surface area (Å²) >= 11 is 0. The van der Waals surface area contributed by atoms with E-state index >= 15 is 0 Å². The zero-order valence-electron chi connectivity index (χ0n) is 20.3. The van der Waals surface area contributed by atoms with Gasteiger partial charge in [0.1, 0.15) is 11.3 Å². The van der Waals surface area contributed by atoms with Gasteiger partial charge in [-0.1, -0.05) is 32.0 Å². The Balaban J connectivity index is 2.07. The number of carboxylic acid groups (broad SMARTS) is 1.